The van der Waals surface area contributed by atoms with Gasteiger partial charge in [0.25, 0.3) is 17.5 Å². The molecule has 0 fully saturated rings. The minimum atomic E-state index is -0.612. The van der Waals surface area contributed by atoms with Gasteiger partial charge in [0.1, 0.15) is 5.75 Å². The van der Waals surface area contributed by atoms with E-state index in [1.807, 2.05) is 0 Å². The Kier molecular flexibility index (Phi) is 3.44. The van der Waals surface area contributed by atoms with Crippen molar-refractivity contribution in [2.24, 2.45) is 0 Å². The average molecular weight is 408 g/mol. The molecule has 1 aliphatic heterocycles. The zero-order valence-electron chi connectivity index (χ0n) is 14.4. The van der Waals surface area contributed by atoms with Gasteiger partial charge in [0, 0.05) is 44.5 Å². The van der Waals surface area contributed by atoms with E-state index >= 15 is 0 Å². The third kappa shape index (κ3) is 2.39. The molecular formula is C20H10ClN3O5. The summed E-state index contributed by atoms with van der Waals surface area (Å²) in [5.74, 6) is -1.18. The van der Waals surface area contributed by atoms with Crippen LogP contribution in [0, 0.1) is 10.1 Å². The van der Waals surface area contributed by atoms with Crippen molar-refractivity contribution in [2.45, 2.75) is 0 Å². The summed E-state index contributed by atoms with van der Waals surface area (Å²) in [6, 6.07) is 10.2. The quantitative estimate of drug-likeness (QED) is 0.261. The molecule has 142 valence electrons. The largest absolute Gasteiger partial charge is 0.508 e. The molecule has 0 saturated heterocycles. The van der Waals surface area contributed by atoms with Gasteiger partial charge in [-0.2, -0.15) is 0 Å². The number of nitro groups is 1. The molecule has 1 aliphatic rings. The van der Waals surface area contributed by atoms with Gasteiger partial charge in [0.05, 0.1) is 16.1 Å². The summed E-state index contributed by atoms with van der Waals surface area (Å²) < 4.78 is 0. The Labute approximate surface area is 166 Å². The second-order valence-electron chi connectivity index (χ2n) is 6.66. The van der Waals surface area contributed by atoms with Gasteiger partial charge in [-0.1, -0.05) is 11.6 Å². The number of nitro benzene ring substituents is 1. The Hall–Kier alpha value is -3.91. The van der Waals surface area contributed by atoms with Crippen LogP contribution in [-0.2, 0) is 0 Å². The lowest BCUT2D eigenvalue weighted by Gasteiger charge is -2.10. The standard InChI is InChI=1S/C20H10ClN3O5/c21-13-3-1-8(24(28)29)5-10(13)11-7-15-16(18-17(11)19(26)23-20(18)27)12-6-9(25)2-4-14(12)22-15/h1-7,22,25H,(H,23,26,27). The third-order valence-electron chi connectivity index (χ3n) is 5.00. The number of benzene rings is 3. The van der Waals surface area contributed by atoms with Crippen molar-refractivity contribution in [3.8, 4) is 16.9 Å². The lowest BCUT2D eigenvalue weighted by molar-refractivity contribution is -0.384. The number of hydrogen-bond donors (Lipinski definition) is 3. The topological polar surface area (TPSA) is 125 Å². The molecule has 0 radical (unpaired) electrons. The van der Waals surface area contributed by atoms with Crippen LogP contribution in [0.25, 0.3) is 32.9 Å². The monoisotopic (exact) mass is 407 g/mol. The predicted octanol–water partition coefficient (Wildman–Crippen LogP) is 4.14. The van der Waals surface area contributed by atoms with Crippen LogP contribution in [0.5, 0.6) is 5.75 Å². The molecule has 1 aromatic heterocycles. The number of carbonyl (C=O) groups is 2. The highest BCUT2D eigenvalue weighted by molar-refractivity contribution is 6.36. The Morgan fingerprint density at radius 2 is 1.69 bits per heavy atom. The number of halogens is 1. The minimum Gasteiger partial charge on any atom is -0.508 e. The van der Waals surface area contributed by atoms with Crippen LogP contribution in [0.4, 0.5) is 5.69 Å². The van der Waals surface area contributed by atoms with Crippen molar-refractivity contribution in [1.82, 2.24) is 10.3 Å². The lowest BCUT2D eigenvalue weighted by atomic mass is 9.92. The average Bonchev–Trinajstić information content (AvgIpc) is 3.17. The van der Waals surface area contributed by atoms with Crippen molar-refractivity contribution < 1.29 is 19.6 Å². The molecular weight excluding hydrogens is 398 g/mol. The molecule has 0 spiro atoms. The van der Waals surface area contributed by atoms with E-state index in [0.717, 1.165) is 0 Å². The van der Waals surface area contributed by atoms with Crippen molar-refractivity contribution in [1.29, 1.82) is 0 Å². The number of nitrogens with zero attached hydrogens (tertiary/aromatic N) is 1. The Balaban J connectivity index is 1.95. The third-order valence-corrected chi connectivity index (χ3v) is 5.33. The molecule has 3 N–H and O–H groups in total. The maximum absolute atomic E-state index is 12.6. The number of fused-ring (bicyclic) bond motifs is 5. The number of nitrogens with one attached hydrogen (secondary N) is 2. The van der Waals surface area contributed by atoms with Gasteiger partial charge in [-0.15, -0.1) is 0 Å². The van der Waals surface area contributed by atoms with Crippen LogP contribution in [0.2, 0.25) is 5.02 Å². The van der Waals surface area contributed by atoms with E-state index < -0.39 is 16.7 Å². The summed E-state index contributed by atoms with van der Waals surface area (Å²) in [5.41, 5.74) is 1.81. The van der Waals surface area contributed by atoms with Crippen LogP contribution in [0.3, 0.4) is 0 Å². The van der Waals surface area contributed by atoms with E-state index in [-0.39, 0.29) is 33.1 Å². The van der Waals surface area contributed by atoms with Crippen LogP contribution < -0.4 is 5.32 Å². The number of aromatic nitrogens is 1. The van der Waals surface area contributed by atoms with E-state index in [2.05, 4.69) is 10.3 Å². The predicted molar refractivity (Wildman–Crippen MR) is 106 cm³/mol. The van der Waals surface area contributed by atoms with E-state index in [1.54, 1.807) is 12.1 Å². The number of rotatable bonds is 2. The molecule has 2 amide bonds. The van der Waals surface area contributed by atoms with Crippen LogP contribution >= 0.6 is 11.6 Å². The second kappa shape index (κ2) is 5.79. The van der Waals surface area contributed by atoms with Crippen LogP contribution in [-0.4, -0.2) is 26.8 Å². The molecule has 3 aromatic carbocycles. The number of imide groups is 1. The van der Waals surface area contributed by atoms with Gasteiger partial charge in [0.2, 0.25) is 0 Å². The summed E-state index contributed by atoms with van der Waals surface area (Å²) in [5, 5.41) is 24.6. The fourth-order valence-corrected chi connectivity index (χ4v) is 4.01. The lowest BCUT2D eigenvalue weighted by Crippen LogP contribution is -2.20. The van der Waals surface area contributed by atoms with Gasteiger partial charge in [-0.3, -0.25) is 25.0 Å². The zero-order valence-corrected chi connectivity index (χ0v) is 15.2. The molecule has 4 aromatic rings. The minimum absolute atomic E-state index is 0.0164. The summed E-state index contributed by atoms with van der Waals surface area (Å²) in [7, 11) is 0. The van der Waals surface area contributed by atoms with Gasteiger partial charge >= 0.3 is 0 Å². The summed E-state index contributed by atoms with van der Waals surface area (Å²) in [6.07, 6.45) is 0. The van der Waals surface area contributed by atoms with Crippen molar-refractivity contribution >= 4 is 50.9 Å². The number of H-pyrrole nitrogens is 1. The van der Waals surface area contributed by atoms with Crippen molar-refractivity contribution in [2.75, 3.05) is 0 Å². The van der Waals surface area contributed by atoms with E-state index in [4.69, 9.17) is 11.6 Å². The maximum atomic E-state index is 12.6. The van der Waals surface area contributed by atoms with Gasteiger partial charge < -0.3 is 10.1 Å². The van der Waals surface area contributed by atoms with E-state index in [1.165, 1.54) is 30.3 Å². The summed E-state index contributed by atoms with van der Waals surface area (Å²) in [6.45, 7) is 0. The number of phenolic OH excluding ortho intramolecular Hbond substituents is 1. The number of phenols is 1. The Bertz CT molecular complexity index is 1420. The normalized spacial score (nSPS) is 13.1. The fraction of sp³-hybridized carbons (Fsp3) is 0. The number of non-ortho nitro benzene ring substituents is 1. The molecule has 8 nitrogen and oxygen atoms in total. The van der Waals surface area contributed by atoms with E-state index in [9.17, 15) is 24.8 Å². The van der Waals surface area contributed by atoms with Crippen LogP contribution in [0.1, 0.15) is 20.7 Å². The van der Waals surface area contributed by atoms with Gasteiger partial charge in [-0.25, -0.2) is 0 Å². The molecule has 0 unspecified atom stereocenters. The van der Waals surface area contributed by atoms with Crippen LogP contribution in [0.15, 0.2) is 42.5 Å². The molecule has 0 atom stereocenters. The highest BCUT2D eigenvalue weighted by Gasteiger charge is 2.34. The molecule has 9 heteroatoms. The Morgan fingerprint density at radius 1 is 0.931 bits per heavy atom. The summed E-state index contributed by atoms with van der Waals surface area (Å²) in [4.78, 5) is 39.0. The van der Waals surface area contributed by atoms with Crippen molar-refractivity contribution in [3.05, 3.63) is 68.7 Å². The summed E-state index contributed by atoms with van der Waals surface area (Å²) >= 11 is 6.29. The van der Waals surface area contributed by atoms with Crippen molar-refractivity contribution in [3.63, 3.8) is 0 Å². The number of aromatic hydroxyl groups is 1. The number of aromatic amines is 1. The number of carbonyl (C=O) groups excluding carboxylic acids is 2. The zero-order chi connectivity index (χ0) is 20.4. The first-order chi connectivity index (χ1) is 13.8. The Morgan fingerprint density at radius 3 is 2.45 bits per heavy atom. The highest BCUT2D eigenvalue weighted by atomic mass is 35.5. The molecule has 0 aliphatic carbocycles. The molecule has 2 heterocycles. The number of hydrogen-bond acceptors (Lipinski definition) is 5. The molecule has 0 saturated carbocycles. The van der Waals surface area contributed by atoms with Gasteiger partial charge in [-0.05, 0) is 35.9 Å². The molecule has 5 rings (SSSR count). The first-order valence-electron chi connectivity index (χ1n) is 8.46. The second-order valence-corrected chi connectivity index (χ2v) is 7.06. The van der Waals surface area contributed by atoms with Gasteiger partial charge in [0.15, 0.2) is 0 Å². The first-order valence-corrected chi connectivity index (χ1v) is 8.84. The number of amides is 2. The highest BCUT2D eigenvalue weighted by Crippen LogP contribution is 2.42. The SMILES string of the molecule is O=C1NC(=O)c2c1c(-c1cc([N+](=O)[O-])ccc1Cl)cc1[nH]c3ccc(O)cc3c21. The maximum Gasteiger partial charge on any atom is 0.270 e. The smallest absolute Gasteiger partial charge is 0.270 e. The fourth-order valence-electron chi connectivity index (χ4n) is 3.79. The molecule has 0 bridgehead atoms. The van der Waals surface area contributed by atoms with E-state index in [0.29, 0.717) is 27.4 Å². The first kappa shape index (κ1) is 17.2. The molecule has 29 heavy (non-hydrogen) atoms.